The van der Waals surface area contributed by atoms with Crippen LogP contribution in [0.1, 0.15) is 48.6 Å². The Labute approximate surface area is 242 Å². The number of benzene rings is 3. The average Bonchev–Trinajstić information content (AvgIpc) is 3.47. The van der Waals surface area contributed by atoms with Gasteiger partial charge in [0.15, 0.2) is 0 Å². The molecule has 0 aromatic heterocycles. The van der Waals surface area contributed by atoms with E-state index in [1.165, 1.54) is 12.1 Å². The summed E-state index contributed by atoms with van der Waals surface area (Å²) in [5.74, 6) is -2.08. The number of rotatable bonds is 7. The molecular formula is C30H30BrNO7S. The standard InChI is InChI=1S/C30H30BrNO7S/c1-4-37-27(33)30(28(34)38-5-2)29(25-9-7-6-8-22(25)19-39-29)18-26(21-12-14-23(31)15-13-21)32(30)40(35,36)24-16-10-20(3)11-17-24/h6-17,26H,4-5,18-19H2,1-3H3/t26-,29+/m1/s1. The number of fused-ring (bicyclic) bond motifs is 2. The van der Waals surface area contributed by atoms with Crippen LogP contribution in [0.2, 0.25) is 0 Å². The van der Waals surface area contributed by atoms with E-state index in [2.05, 4.69) is 15.9 Å². The highest BCUT2D eigenvalue weighted by molar-refractivity contribution is 9.10. The summed E-state index contributed by atoms with van der Waals surface area (Å²) >= 11 is 3.44. The van der Waals surface area contributed by atoms with E-state index < -0.39 is 39.1 Å². The first-order valence-corrected chi connectivity index (χ1v) is 15.3. The van der Waals surface area contributed by atoms with Crippen molar-refractivity contribution >= 4 is 37.9 Å². The fourth-order valence-electron chi connectivity index (χ4n) is 5.88. The molecule has 210 valence electrons. The van der Waals surface area contributed by atoms with E-state index in [0.717, 1.165) is 19.9 Å². The van der Waals surface area contributed by atoms with Crippen LogP contribution in [-0.4, -0.2) is 43.4 Å². The number of hydrogen-bond acceptors (Lipinski definition) is 7. The van der Waals surface area contributed by atoms with Crippen molar-refractivity contribution in [3.05, 3.63) is 99.5 Å². The lowest BCUT2D eigenvalue weighted by Gasteiger charge is -2.42. The van der Waals surface area contributed by atoms with Gasteiger partial charge in [-0.3, -0.25) is 0 Å². The lowest BCUT2D eigenvalue weighted by molar-refractivity contribution is -0.190. The van der Waals surface area contributed by atoms with Crippen molar-refractivity contribution in [2.75, 3.05) is 13.2 Å². The third-order valence-corrected chi connectivity index (χ3v) is 10.0. The first-order valence-electron chi connectivity index (χ1n) is 13.1. The van der Waals surface area contributed by atoms with Gasteiger partial charge in [0.25, 0.3) is 5.54 Å². The van der Waals surface area contributed by atoms with Gasteiger partial charge in [-0.2, -0.15) is 4.31 Å². The number of nitrogens with zero attached hydrogens (tertiary/aromatic N) is 1. The van der Waals surface area contributed by atoms with Crippen molar-refractivity contribution in [1.29, 1.82) is 0 Å². The molecule has 2 heterocycles. The van der Waals surface area contributed by atoms with E-state index in [-0.39, 0.29) is 31.1 Å². The highest BCUT2D eigenvalue weighted by atomic mass is 79.9. The fourth-order valence-corrected chi connectivity index (χ4v) is 8.04. The van der Waals surface area contributed by atoms with E-state index >= 15 is 0 Å². The summed E-state index contributed by atoms with van der Waals surface area (Å²) in [6.07, 6.45) is -0.0195. The van der Waals surface area contributed by atoms with E-state index in [9.17, 15) is 18.0 Å². The number of carbonyl (C=O) groups excluding carboxylic acids is 2. The minimum Gasteiger partial charge on any atom is -0.464 e. The second kappa shape index (κ2) is 10.7. The molecule has 2 aliphatic rings. The van der Waals surface area contributed by atoms with Crippen LogP contribution in [0.4, 0.5) is 0 Å². The highest BCUT2D eigenvalue weighted by Crippen LogP contribution is 2.62. The molecule has 1 saturated heterocycles. The average molecular weight is 629 g/mol. The summed E-state index contributed by atoms with van der Waals surface area (Å²) in [6, 6.07) is 19.7. The molecule has 8 nitrogen and oxygen atoms in total. The van der Waals surface area contributed by atoms with Gasteiger partial charge in [0.2, 0.25) is 10.0 Å². The van der Waals surface area contributed by atoms with Crippen LogP contribution in [0.3, 0.4) is 0 Å². The first-order chi connectivity index (χ1) is 19.1. The maximum atomic E-state index is 14.7. The Bertz CT molecular complexity index is 1520. The van der Waals surface area contributed by atoms with Crippen LogP contribution >= 0.6 is 15.9 Å². The molecule has 0 radical (unpaired) electrons. The number of carbonyl (C=O) groups is 2. The summed E-state index contributed by atoms with van der Waals surface area (Å²) in [7, 11) is -4.52. The Morgan fingerprint density at radius 3 is 2.15 bits per heavy atom. The Balaban J connectivity index is 1.90. The van der Waals surface area contributed by atoms with E-state index in [0.29, 0.717) is 11.1 Å². The van der Waals surface area contributed by atoms with Crippen molar-refractivity contribution in [2.24, 2.45) is 0 Å². The SMILES string of the molecule is CCOC(=O)C1(C(=O)OCC)N(S(=O)(=O)c2ccc(C)cc2)[C@@H](c2ccc(Br)cc2)C[C@@]12OCc1ccccc12. The van der Waals surface area contributed by atoms with Crippen LogP contribution in [0, 0.1) is 6.92 Å². The van der Waals surface area contributed by atoms with Crippen LogP contribution in [0.15, 0.2) is 82.2 Å². The van der Waals surface area contributed by atoms with Gasteiger partial charge in [0.05, 0.1) is 30.8 Å². The normalized spacial score (nSPS) is 21.8. The molecule has 10 heteroatoms. The lowest BCUT2D eigenvalue weighted by atomic mass is 9.74. The van der Waals surface area contributed by atoms with Gasteiger partial charge in [-0.1, -0.05) is 70.0 Å². The zero-order valence-corrected chi connectivity index (χ0v) is 24.8. The molecule has 5 rings (SSSR count). The summed E-state index contributed by atoms with van der Waals surface area (Å²) in [6.45, 7) is 4.97. The van der Waals surface area contributed by atoms with Gasteiger partial charge in [0, 0.05) is 10.9 Å². The molecule has 0 saturated carbocycles. The summed E-state index contributed by atoms with van der Waals surface area (Å²) in [5, 5.41) is 0. The van der Waals surface area contributed by atoms with Crippen molar-refractivity contribution in [1.82, 2.24) is 4.31 Å². The van der Waals surface area contributed by atoms with E-state index in [4.69, 9.17) is 14.2 Å². The Kier molecular flexibility index (Phi) is 7.64. The number of esters is 2. The summed E-state index contributed by atoms with van der Waals surface area (Å²) in [5.41, 5.74) is -1.47. The van der Waals surface area contributed by atoms with Crippen molar-refractivity contribution in [2.45, 2.75) is 55.9 Å². The van der Waals surface area contributed by atoms with Gasteiger partial charge >= 0.3 is 11.9 Å². The molecule has 0 N–H and O–H groups in total. The van der Waals surface area contributed by atoms with Crippen LogP contribution < -0.4 is 0 Å². The molecule has 0 aliphatic carbocycles. The van der Waals surface area contributed by atoms with Gasteiger partial charge in [-0.05, 0) is 61.7 Å². The number of ether oxygens (including phenoxy) is 3. The molecule has 40 heavy (non-hydrogen) atoms. The zero-order chi connectivity index (χ0) is 28.7. The molecule has 2 atom stereocenters. The zero-order valence-electron chi connectivity index (χ0n) is 22.4. The van der Waals surface area contributed by atoms with Gasteiger partial charge in [0.1, 0.15) is 5.60 Å². The highest BCUT2D eigenvalue weighted by Gasteiger charge is 2.79. The van der Waals surface area contributed by atoms with Crippen LogP contribution in [-0.2, 0) is 46.0 Å². The van der Waals surface area contributed by atoms with Crippen LogP contribution in [0.25, 0.3) is 0 Å². The van der Waals surface area contributed by atoms with Crippen molar-refractivity contribution in [3.8, 4) is 0 Å². The smallest absolute Gasteiger partial charge is 0.342 e. The molecule has 1 fully saturated rings. The molecule has 0 unspecified atom stereocenters. The number of hydrogen-bond donors (Lipinski definition) is 0. The second-order valence-electron chi connectivity index (χ2n) is 9.81. The third kappa shape index (κ3) is 4.20. The Hall–Kier alpha value is -3.05. The maximum Gasteiger partial charge on any atom is 0.342 e. The molecule has 0 amide bonds. The first kappa shape index (κ1) is 28.5. The Morgan fingerprint density at radius 2 is 1.55 bits per heavy atom. The summed E-state index contributed by atoms with van der Waals surface area (Å²) in [4.78, 5) is 28.6. The minimum atomic E-state index is -4.52. The van der Waals surface area contributed by atoms with Gasteiger partial charge in [-0.15, -0.1) is 0 Å². The predicted octanol–water partition coefficient (Wildman–Crippen LogP) is 5.18. The second-order valence-corrected chi connectivity index (χ2v) is 12.5. The third-order valence-electron chi connectivity index (χ3n) is 7.58. The molecule has 0 bridgehead atoms. The fraction of sp³-hybridized carbons (Fsp3) is 0.333. The number of halogens is 1. The monoisotopic (exact) mass is 627 g/mol. The van der Waals surface area contributed by atoms with E-state index in [1.807, 2.05) is 19.1 Å². The van der Waals surface area contributed by atoms with Crippen LogP contribution in [0.5, 0.6) is 0 Å². The predicted molar refractivity (Wildman–Crippen MR) is 151 cm³/mol. The van der Waals surface area contributed by atoms with Crippen molar-refractivity contribution in [3.63, 3.8) is 0 Å². The van der Waals surface area contributed by atoms with Gasteiger partial charge in [-0.25, -0.2) is 18.0 Å². The van der Waals surface area contributed by atoms with Gasteiger partial charge < -0.3 is 14.2 Å². The van der Waals surface area contributed by atoms with E-state index in [1.54, 1.807) is 62.4 Å². The van der Waals surface area contributed by atoms with Crippen molar-refractivity contribution < 1.29 is 32.2 Å². The topological polar surface area (TPSA) is 99.2 Å². The molecule has 1 spiro atoms. The molecule has 2 aliphatic heterocycles. The number of sulfonamides is 1. The molecule has 3 aromatic rings. The minimum absolute atomic E-state index is 0.0195. The Morgan fingerprint density at radius 1 is 0.950 bits per heavy atom. The largest absolute Gasteiger partial charge is 0.464 e. The lowest BCUT2D eigenvalue weighted by Crippen LogP contribution is -2.68. The quantitative estimate of drug-likeness (QED) is 0.263. The maximum absolute atomic E-state index is 14.7. The molecular weight excluding hydrogens is 598 g/mol. The molecule has 3 aromatic carbocycles. The summed E-state index contributed by atoms with van der Waals surface area (Å²) < 4.78 is 48.8. The number of aryl methyl sites for hydroxylation is 1.